The van der Waals surface area contributed by atoms with E-state index in [0.717, 1.165) is 10.3 Å². The number of pyridine rings is 1. The second-order valence-electron chi connectivity index (χ2n) is 4.76. The molecule has 0 radical (unpaired) electrons. The molecular weight excluding hydrogens is 363 g/mol. The van der Waals surface area contributed by atoms with Gasteiger partial charge in [0.1, 0.15) is 0 Å². The molecule has 0 unspecified atom stereocenters. The number of hydrogen-bond acceptors (Lipinski definition) is 7. The van der Waals surface area contributed by atoms with Crippen molar-refractivity contribution < 1.29 is 9.47 Å². The van der Waals surface area contributed by atoms with Gasteiger partial charge >= 0.3 is 140 Å². The summed E-state index contributed by atoms with van der Waals surface area (Å²) in [6.07, 6.45) is 3.54. The molecule has 120 valence electrons. The molecule has 9 heteroatoms. The third kappa shape index (κ3) is 3.42. The van der Waals surface area contributed by atoms with Crippen molar-refractivity contribution in [1.29, 1.82) is 0 Å². The summed E-state index contributed by atoms with van der Waals surface area (Å²) >= 11 is 2.42. The summed E-state index contributed by atoms with van der Waals surface area (Å²) in [5.41, 5.74) is 8.21. The van der Waals surface area contributed by atoms with Gasteiger partial charge in [0.15, 0.2) is 0 Å². The van der Waals surface area contributed by atoms with Crippen molar-refractivity contribution in [3.63, 3.8) is 0 Å². The van der Waals surface area contributed by atoms with Crippen LogP contribution in [0.2, 0.25) is 0 Å². The predicted octanol–water partition coefficient (Wildman–Crippen LogP) is -0.597. The van der Waals surface area contributed by atoms with Crippen molar-refractivity contribution in [2.24, 2.45) is 0 Å². The van der Waals surface area contributed by atoms with Crippen molar-refractivity contribution in [1.82, 2.24) is 24.5 Å². The molecule has 8 nitrogen and oxygen atoms in total. The van der Waals surface area contributed by atoms with Crippen LogP contribution in [0.4, 0.5) is 5.82 Å². The van der Waals surface area contributed by atoms with Crippen LogP contribution in [0.5, 0.6) is 6.01 Å². The molecule has 0 bridgehead atoms. The van der Waals surface area contributed by atoms with E-state index in [2.05, 4.69) is 35.9 Å². The quantitative estimate of drug-likeness (QED) is 0.451. The summed E-state index contributed by atoms with van der Waals surface area (Å²) in [5, 5.41) is 0. The van der Waals surface area contributed by atoms with Gasteiger partial charge in [-0.15, -0.1) is 0 Å². The Hall–Kier alpha value is -2.22. The number of nitrogens with two attached hydrogens (primary N) is 1. The van der Waals surface area contributed by atoms with Crippen molar-refractivity contribution in [3.8, 4) is 6.01 Å². The molecule has 3 rings (SSSR count). The van der Waals surface area contributed by atoms with E-state index in [-0.39, 0.29) is 6.01 Å². The normalized spacial score (nSPS) is 11.0. The fourth-order valence-corrected chi connectivity index (χ4v) is 2.65. The van der Waals surface area contributed by atoms with E-state index in [1.165, 1.54) is 0 Å². The fourth-order valence-electron chi connectivity index (χ4n) is 2.09. The molecule has 23 heavy (non-hydrogen) atoms. The monoisotopic (exact) mass is 380 g/mol. The summed E-state index contributed by atoms with van der Waals surface area (Å²) in [4.78, 5) is 17.1. The zero-order valence-corrected chi connectivity index (χ0v) is 14.4. The van der Waals surface area contributed by atoms with E-state index < -0.39 is 0 Å². The second-order valence-corrected chi connectivity index (χ2v) is 5.60. The SMILES string of the molecule is COCCOc1nc(N)c2nc([SeH])n(Cc3cccnc3)c2n1. The molecule has 0 aromatic carbocycles. The van der Waals surface area contributed by atoms with E-state index in [1.54, 1.807) is 19.5 Å². The molecule has 3 aromatic heterocycles. The number of nitrogens with zero attached hydrogens (tertiary/aromatic N) is 5. The van der Waals surface area contributed by atoms with E-state index >= 15 is 0 Å². The van der Waals surface area contributed by atoms with Gasteiger partial charge in [-0.3, -0.25) is 0 Å². The van der Waals surface area contributed by atoms with Crippen molar-refractivity contribution in [3.05, 3.63) is 30.1 Å². The number of imidazole rings is 1. The molecule has 0 fully saturated rings. The molecule has 3 aromatic rings. The topological polar surface area (TPSA) is 101 Å². The first-order valence-corrected chi connectivity index (χ1v) is 7.86. The fraction of sp³-hybridized carbons (Fsp3) is 0.286. The first-order chi connectivity index (χ1) is 11.2. The van der Waals surface area contributed by atoms with Crippen molar-refractivity contribution in [2.75, 3.05) is 26.1 Å². The number of aromatic nitrogens is 5. The molecule has 0 aliphatic heterocycles. The maximum absolute atomic E-state index is 5.98. The van der Waals surface area contributed by atoms with Crippen LogP contribution in [0, 0.1) is 0 Å². The number of ether oxygens (including phenoxy) is 2. The Bertz CT molecular complexity index is 808. The maximum atomic E-state index is 5.98. The Morgan fingerprint density at radius 3 is 2.87 bits per heavy atom. The first-order valence-electron chi connectivity index (χ1n) is 6.92. The van der Waals surface area contributed by atoms with Crippen LogP contribution in [0.15, 0.2) is 24.5 Å². The van der Waals surface area contributed by atoms with Gasteiger partial charge in [-0.2, -0.15) is 0 Å². The molecule has 2 N–H and O–H groups in total. The van der Waals surface area contributed by atoms with Gasteiger partial charge in [0.05, 0.1) is 0 Å². The summed E-state index contributed by atoms with van der Waals surface area (Å²) < 4.78 is 13.1. The van der Waals surface area contributed by atoms with Crippen LogP contribution < -0.4 is 15.2 Å². The predicted molar refractivity (Wildman–Crippen MR) is 87.2 cm³/mol. The molecule has 0 saturated carbocycles. The van der Waals surface area contributed by atoms with E-state index in [0.29, 0.717) is 36.7 Å². The third-order valence-electron chi connectivity index (χ3n) is 3.16. The number of hydrogen-bond donors (Lipinski definition) is 1. The van der Waals surface area contributed by atoms with Crippen LogP contribution in [0.25, 0.3) is 11.2 Å². The molecule has 0 spiro atoms. The van der Waals surface area contributed by atoms with Crippen molar-refractivity contribution >= 4 is 37.7 Å². The molecule has 0 aliphatic rings. The number of nitrogen functional groups attached to an aromatic ring is 1. The first kappa shape index (κ1) is 15.7. The van der Waals surface area contributed by atoms with Crippen LogP contribution in [-0.4, -0.2) is 60.8 Å². The molecule has 3 heterocycles. The van der Waals surface area contributed by atoms with Gasteiger partial charge in [0.2, 0.25) is 0 Å². The van der Waals surface area contributed by atoms with Crippen LogP contribution >= 0.6 is 0 Å². The summed E-state index contributed by atoms with van der Waals surface area (Å²) in [5.74, 6) is 0.291. The van der Waals surface area contributed by atoms with Gasteiger partial charge in [-0.25, -0.2) is 0 Å². The Morgan fingerprint density at radius 2 is 2.13 bits per heavy atom. The van der Waals surface area contributed by atoms with Crippen LogP contribution in [0.3, 0.4) is 0 Å². The average Bonchev–Trinajstić information content (AvgIpc) is 2.86. The Labute approximate surface area is 140 Å². The van der Waals surface area contributed by atoms with Crippen LogP contribution in [0.1, 0.15) is 5.56 Å². The van der Waals surface area contributed by atoms with Crippen LogP contribution in [-0.2, 0) is 11.3 Å². The standard InChI is InChI=1S/C14H16N6O2Se/c1-21-5-6-22-13-18-11(15)10-12(19-13)20(14(23)17-10)8-9-3-2-4-16-7-9/h2-4,7H,5-6,8H2,1H3,(H,17,23)(H2,15,18,19). The average molecular weight is 379 g/mol. The summed E-state index contributed by atoms with van der Waals surface area (Å²) in [6.45, 7) is 1.39. The summed E-state index contributed by atoms with van der Waals surface area (Å²) in [6, 6.07) is 4.10. The number of methoxy groups -OCH3 is 1. The Kier molecular flexibility index (Phi) is 4.70. The molecular formula is C14H16N6O2Se. The number of rotatable bonds is 6. The van der Waals surface area contributed by atoms with Gasteiger partial charge < -0.3 is 0 Å². The van der Waals surface area contributed by atoms with Gasteiger partial charge in [0.25, 0.3) is 0 Å². The van der Waals surface area contributed by atoms with Gasteiger partial charge in [-0.05, 0) is 0 Å². The number of fused-ring (bicyclic) bond motifs is 1. The minimum absolute atomic E-state index is 0.215. The zero-order valence-electron chi connectivity index (χ0n) is 12.5. The Morgan fingerprint density at radius 1 is 1.26 bits per heavy atom. The van der Waals surface area contributed by atoms with Crippen molar-refractivity contribution in [2.45, 2.75) is 6.54 Å². The molecule has 0 saturated heterocycles. The zero-order chi connectivity index (χ0) is 16.2. The molecule has 0 aliphatic carbocycles. The van der Waals surface area contributed by atoms with E-state index in [9.17, 15) is 0 Å². The minimum atomic E-state index is 0.215. The molecule has 0 amide bonds. The second kappa shape index (κ2) is 6.91. The van der Waals surface area contributed by atoms with Gasteiger partial charge in [0, 0.05) is 0 Å². The third-order valence-corrected chi connectivity index (χ3v) is 3.88. The van der Waals surface area contributed by atoms with E-state index in [4.69, 9.17) is 15.2 Å². The Balaban J connectivity index is 1.98. The van der Waals surface area contributed by atoms with E-state index in [1.807, 2.05) is 16.7 Å². The molecule has 0 atom stereocenters. The summed E-state index contributed by atoms with van der Waals surface area (Å²) in [7, 11) is 1.60. The van der Waals surface area contributed by atoms with Gasteiger partial charge in [-0.1, -0.05) is 0 Å². The number of anilines is 1.